The third-order valence-corrected chi connectivity index (χ3v) is 3.25. The van der Waals surface area contributed by atoms with Crippen LogP contribution < -0.4 is 9.47 Å². The fourth-order valence-corrected chi connectivity index (χ4v) is 1.99. The molecule has 0 aromatic heterocycles. The highest BCUT2D eigenvalue weighted by molar-refractivity contribution is 6.30. The van der Waals surface area contributed by atoms with E-state index >= 15 is 0 Å². The smallest absolute Gasteiger partial charge is 0.344 e. The third-order valence-electron chi connectivity index (χ3n) is 3.01. The van der Waals surface area contributed by atoms with E-state index in [1.54, 1.807) is 36.5 Å². The number of rotatable bonds is 6. The van der Waals surface area contributed by atoms with Gasteiger partial charge in [-0.15, -0.1) is 0 Å². The zero-order chi connectivity index (χ0) is 16.8. The molecule has 23 heavy (non-hydrogen) atoms. The van der Waals surface area contributed by atoms with E-state index in [0.717, 1.165) is 11.3 Å². The first-order chi connectivity index (χ1) is 11.0. The van der Waals surface area contributed by atoms with E-state index in [-0.39, 0.29) is 0 Å². The van der Waals surface area contributed by atoms with Crippen molar-refractivity contribution in [3.63, 3.8) is 0 Å². The summed E-state index contributed by atoms with van der Waals surface area (Å²) in [4.78, 5) is 15.2. The van der Waals surface area contributed by atoms with Gasteiger partial charge < -0.3 is 14.6 Å². The fourth-order valence-electron chi connectivity index (χ4n) is 1.81. The van der Waals surface area contributed by atoms with Gasteiger partial charge in [-0.2, -0.15) is 0 Å². The first-order valence-corrected chi connectivity index (χ1v) is 7.24. The van der Waals surface area contributed by atoms with Crippen LogP contribution in [0.15, 0.2) is 47.5 Å². The molecule has 120 valence electrons. The maximum atomic E-state index is 10.9. The predicted molar refractivity (Wildman–Crippen MR) is 89.4 cm³/mol. The Balaban J connectivity index is 2.20. The molecule has 0 heterocycles. The Kier molecular flexibility index (Phi) is 5.60. The molecule has 0 bridgehead atoms. The minimum atomic E-state index is -1.04. The van der Waals surface area contributed by atoms with Gasteiger partial charge in [-0.05, 0) is 48.9 Å². The molecule has 0 aliphatic carbocycles. The van der Waals surface area contributed by atoms with E-state index in [9.17, 15) is 4.79 Å². The Morgan fingerprint density at radius 3 is 2.70 bits per heavy atom. The van der Waals surface area contributed by atoms with Gasteiger partial charge in [0, 0.05) is 11.2 Å². The lowest BCUT2D eigenvalue weighted by Crippen LogP contribution is -2.23. The minimum Gasteiger partial charge on any atom is -0.493 e. The zero-order valence-corrected chi connectivity index (χ0v) is 13.4. The molecule has 0 amide bonds. The molecule has 0 fully saturated rings. The molecule has 0 spiro atoms. The van der Waals surface area contributed by atoms with Gasteiger partial charge in [-0.25, -0.2) is 4.79 Å². The Labute approximate surface area is 139 Å². The molecule has 2 rings (SSSR count). The summed E-state index contributed by atoms with van der Waals surface area (Å²) in [6.07, 6.45) is 0.702. The fraction of sp³-hybridized carbons (Fsp3) is 0.176. The average molecular weight is 334 g/mol. The lowest BCUT2D eigenvalue weighted by molar-refractivity contribution is -0.144. The van der Waals surface area contributed by atoms with Crippen molar-refractivity contribution in [1.82, 2.24) is 0 Å². The van der Waals surface area contributed by atoms with Crippen molar-refractivity contribution in [1.29, 1.82) is 0 Å². The van der Waals surface area contributed by atoms with E-state index in [1.165, 1.54) is 14.0 Å². The number of carboxylic acid groups (broad SMARTS) is 1. The number of aliphatic imine (C=N–C) groups is 1. The number of hydrogen-bond acceptors (Lipinski definition) is 4. The maximum absolute atomic E-state index is 10.9. The highest BCUT2D eigenvalue weighted by atomic mass is 35.5. The summed E-state index contributed by atoms with van der Waals surface area (Å²) in [5.41, 5.74) is 1.52. The molecule has 2 aromatic carbocycles. The SMILES string of the molecule is COc1cc(C=Nc2cccc(Cl)c2)ccc1O[C@H](C)C(=O)O. The topological polar surface area (TPSA) is 68.1 Å². The summed E-state index contributed by atoms with van der Waals surface area (Å²) in [7, 11) is 1.49. The van der Waals surface area contributed by atoms with E-state index < -0.39 is 12.1 Å². The van der Waals surface area contributed by atoms with Gasteiger partial charge in [0.1, 0.15) is 0 Å². The number of carbonyl (C=O) groups is 1. The maximum Gasteiger partial charge on any atom is 0.344 e. The molecule has 1 atom stereocenters. The second kappa shape index (κ2) is 7.65. The van der Waals surface area contributed by atoms with E-state index in [0.29, 0.717) is 16.5 Å². The summed E-state index contributed by atoms with van der Waals surface area (Å²) in [5, 5.41) is 9.51. The molecular formula is C17H16ClNO4. The van der Waals surface area contributed by atoms with Crippen LogP contribution in [0.25, 0.3) is 0 Å². The number of nitrogens with zero attached hydrogens (tertiary/aromatic N) is 1. The lowest BCUT2D eigenvalue weighted by Gasteiger charge is -2.14. The summed E-state index contributed by atoms with van der Waals surface area (Å²) >= 11 is 5.91. The Morgan fingerprint density at radius 2 is 2.04 bits per heavy atom. The molecule has 6 heteroatoms. The Bertz CT molecular complexity index is 730. The van der Waals surface area contributed by atoms with Crippen LogP contribution in [0, 0.1) is 0 Å². The minimum absolute atomic E-state index is 0.363. The van der Waals surface area contributed by atoms with Crippen molar-refractivity contribution < 1.29 is 19.4 Å². The highest BCUT2D eigenvalue weighted by Crippen LogP contribution is 2.29. The summed E-state index contributed by atoms with van der Waals surface area (Å²) in [6, 6.07) is 12.3. The molecule has 5 nitrogen and oxygen atoms in total. The number of aliphatic carboxylic acids is 1. The van der Waals surface area contributed by atoms with Crippen LogP contribution in [0.5, 0.6) is 11.5 Å². The summed E-state index contributed by atoms with van der Waals surface area (Å²) in [6.45, 7) is 1.45. The molecule has 0 saturated heterocycles. The molecule has 1 N–H and O–H groups in total. The van der Waals surface area contributed by atoms with Gasteiger partial charge in [-0.1, -0.05) is 17.7 Å². The molecule has 0 unspecified atom stereocenters. The van der Waals surface area contributed by atoms with Gasteiger partial charge in [0.15, 0.2) is 17.6 Å². The number of ether oxygens (including phenoxy) is 2. The second-order valence-corrected chi connectivity index (χ2v) is 5.18. The standard InChI is InChI=1S/C17H16ClNO4/c1-11(17(20)21)23-15-7-6-12(8-16(15)22-2)10-19-14-5-3-4-13(18)9-14/h3-11H,1-2H3,(H,20,21)/t11-/m1/s1. The van der Waals surface area contributed by atoms with Crippen LogP contribution in [-0.4, -0.2) is 30.5 Å². The third kappa shape index (κ3) is 4.72. The molecule has 0 aliphatic rings. The predicted octanol–water partition coefficient (Wildman–Crippen LogP) is 3.95. The Morgan fingerprint density at radius 1 is 1.26 bits per heavy atom. The van der Waals surface area contributed by atoms with Crippen molar-refractivity contribution in [2.24, 2.45) is 4.99 Å². The van der Waals surface area contributed by atoms with Crippen LogP contribution >= 0.6 is 11.6 Å². The van der Waals surface area contributed by atoms with Crippen molar-refractivity contribution in [3.05, 3.63) is 53.1 Å². The van der Waals surface area contributed by atoms with Crippen molar-refractivity contribution in [3.8, 4) is 11.5 Å². The Hall–Kier alpha value is -2.53. The van der Waals surface area contributed by atoms with E-state index in [1.807, 2.05) is 12.1 Å². The van der Waals surface area contributed by atoms with Gasteiger partial charge >= 0.3 is 5.97 Å². The van der Waals surface area contributed by atoms with Crippen LogP contribution in [-0.2, 0) is 4.79 Å². The van der Waals surface area contributed by atoms with E-state index in [4.69, 9.17) is 26.2 Å². The normalized spacial score (nSPS) is 12.1. The monoisotopic (exact) mass is 333 g/mol. The van der Waals surface area contributed by atoms with E-state index in [2.05, 4.69) is 4.99 Å². The van der Waals surface area contributed by atoms with Gasteiger partial charge in [0.2, 0.25) is 0 Å². The van der Waals surface area contributed by atoms with Crippen molar-refractivity contribution >= 4 is 29.5 Å². The zero-order valence-electron chi connectivity index (χ0n) is 12.7. The van der Waals surface area contributed by atoms with Crippen LogP contribution in [0.4, 0.5) is 5.69 Å². The second-order valence-electron chi connectivity index (χ2n) is 4.75. The first kappa shape index (κ1) is 16.8. The molecule has 0 saturated carbocycles. The van der Waals surface area contributed by atoms with Gasteiger partial charge in [0.25, 0.3) is 0 Å². The number of hydrogen-bond donors (Lipinski definition) is 1. The quantitative estimate of drug-likeness (QED) is 0.813. The molecular weight excluding hydrogens is 318 g/mol. The number of methoxy groups -OCH3 is 1. The molecule has 0 radical (unpaired) electrons. The van der Waals surface area contributed by atoms with Gasteiger partial charge in [0.05, 0.1) is 12.8 Å². The summed E-state index contributed by atoms with van der Waals surface area (Å²) in [5.74, 6) is -0.242. The highest BCUT2D eigenvalue weighted by Gasteiger charge is 2.15. The molecule has 0 aliphatic heterocycles. The molecule has 2 aromatic rings. The van der Waals surface area contributed by atoms with Crippen molar-refractivity contribution in [2.75, 3.05) is 7.11 Å². The van der Waals surface area contributed by atoms with Crippen LogP contribution in [0.3, 0.4) is 0 Å². The van der Waals surface area contributed by atoms with Gasteiger partial charge in [-0.3, -0.25) is 4.99 Å². The van der Waals surface area contributed by atoms with Crippen LogP contribution in [0.2, 0.25) is 5.02 Å². The lowest BCUT2D eigenvalue weighted by atomic mass is 10.2. The van der Waals surface area contributed by atoms with Crippen LogP contribution in [0.1, 0.15) is 12.5 Å². The number of halogens is 1. The number of carboxylic acids is 1. The van der Waals surface area contributed by atoms with Crippen molar-refractivity contribution in [2.45, 2.75) is 13.0 Å². The largest absolute Gasteiger partial charge is 0.493 e. The first-order valence-electron chi connectivity index (χ1n) is 6.86. The average Bonchev–Trinajstić information content (AvgIpc) is 2.53. The summed E-state index contributed by atoms with van der Waals surface area (Å²) < 4.78 is 10.6. The number of benzene rings is 2.